The van der Waals surface area contributed by atoms with Crippen LogP contribution >= 0.6 is 0 Å². The Labute approximate surface area is 150 Å². The summed E-state index contributed by atoms with van der Waals surface area (Å²) in [5.41, 5.74) is 1.71. The van der Waals surface area contributed by atoms with Gasteiger partial charge in [-0.3, -0.25) is 9.78 Å². The zero-order valence-electron chi connectivity index (χ0n) is 14.3. The van der Waals surface area contributed by atoms with Crippen LogP contribution in [0.25, 0.3) is 11.4 Å². The van der Waals surface area contributed by atoms with Crippen LogP contribution in [0.5, 0.6) is 5.75 Å². The van der Waals surface area contributed by atoms with Gasteiger partial charge in [-0.05, 0) is 36.2 Å². The maximum Gasteiger partial charge on any atom is 0.249 e. The molecule has 0 spiro atoms. The Hall–Kier alpha value is -3.22. The van der Waals surface area contributed by atoms with Crippen molar-refractivity contribution in [1.82, 2.24) is 20.0 Å². The minimum atomic E-state index is -0.161. The van der Waals surface area contributed by atoms with Gasteiger partial charge in [0.2, 0.25) is 17.6 Å². The molecule has 1 aromatic carbocycles. The fraction of sp³-hybridized carbons (Fsp3) is 0.263. The van der Waals surface area contributed by atoms with Crippen molar-refractivity contribution in [2.75, 3.05) is 13.7 Å². The molecule has 1 fully saturated rings. The molecule has 1 aliphatic rings. The molecule has 0 aliphatic carbocycles. The van der Waals surface area contributed by atoms with Gasteiger partial charge in [0.15, 0.2) is 0 Å². The standard InChI is InChI=1S/C19H18N4O3/c1-25-15-6-2-4-13(10-15)11-17(24)23-9-7-16(23)19-21-18(22-26-19)14-5-3-8-20-12-14/h2-6,8,10,12,16H,7,9,11H2,1H3/t16-/m0/s1. The normalized spacial score (nSPS) is 16.2. The number of nitrogens with zero attached hydrogens (tertiary/aromatic N) is 4. The number of carbonyl (C=O) groups is 1. The lowest BCUT2D eigenvalue weighted by molar-refractivity contribution is -0.139. The summed E-state index contributed by atoms with van der Waals surface area (Å²) in [5, 5.41) is 4.01. The molecule has 1 amide bonds. The summed E-state index contributed by atoms with van der Waals surface area (Å²) in [7, 11) is 1.61. The number of hydrogen-bond donors (Lipinski definition) is 0. The van der Waals surface area contributed by atoms with Crippen LogP contribution in [-0.4, -0.2) is 39.6 Å². The van der Waals surface area contributed by atoms with Crippen molar-refractivity contribution >= 4 is 5.91 Å². The first-order chi connectivity index (χ1) is 12.7. The Kier molecular flexibility index (Phi) is 4.35. The van der Waals surface area contributed by atoms with E-state index in [1.165, 1.54) is 0 Å². The van der Waals surface area contributed by atoms with Gasteiger partial charge in [-0.2, -0.15) is 4.98 Å². The number of benzene rings is 1. The monoisotopic (exact) mass is 350 g/mol. The first kappa shape index (κ1) is 16.3. The van der Waals surface area contributed by atoms with E-state index < -0.39 is 0 Å². The Bertz CT molecular complexity index is 910. The van der Waals surface area contributed by atoms with E-state index in [0.29, 0.717) is 24.7 Å². The third kappa shape index (κ3) is 3.15. The first-order valence-corrected chi connectivity index (χ1v) is 8.41. The van der Waals surface area contributed by atoms with E-state index in [0.717, 1.165) is 23.3 Å². The minimum absolute atomic E-state index is 0.0376. The molecule has 0 bridgehead atoms. The van der Waals surface area contributed by atoms with E-state index in [1.807, 2.05) is 36.4 Å². The van der Waals surface area contributed by atoms with Gasteiger partial charge >= 0.3 is 0 Å². The largest absolute Gasteiger partial charge is 0.497 e. The number of likely N-dealkylation sites (tertiary alicyclic amines) is 1. The van der Waals surface area contributed by atoms with Gasteiger partial charge in [0, 0.05) is 24.5 Å². The van der Waals surface area contributed by atoms with E-state index in [9.17, 15) is 4.79 Å². The van der Waals surface area contributed by atoms with Crippen LogP contribution in [0.3, 0.4) is 0 Å². The highest BCUT2D eigenvalue weighted by atomic mass is 16.5. The third-order valence-electron chi connectivity index (χ3n) is 4.48. The van der Waals surface area contributed by atoms with Crippen molar-refractivity contribution in [2.24, 2.45) is 0 Å². The molecule has 3 heterocycles. The lowest BCUT2D eigenvalue weighted by Crippen LogP contribution is -2.46. The van der Waals surface area contributed by atoms with Crippen molar-refractivity contribution in [2.45, 2.75) is 18.9 Å². The van der Waals surface area contributed by atoms with Gasteiger partial charge in [0.05, 0.1) is 13.5 Å². The van der Waals surface area contributed by atoms with Gasteiger partial charge in [-0.15, -0.1) is 0 Å². The van der Waals surface area contributed by atoms with E-state index >= 15 is 0 Å². The molecule has 0 radical (unpaired) electrons. The Balaban J connectivity index is 1.46. The summed E-state index contributed by atoms with van der Waals surface area (Å²) < 4.78 is 10.6. The highest BCUT2D eigenvalue weighted by Gasteiger charge is 2.37. The van der Waals surface area contributed by atoms with E-state index in [1.54, 1.807) is 24.4 Å². The molecule has 1 saturated heterocycles. The fourth-order valence-corrected chi connectivity index (χ4v) is 2.98. The fourth-order valence-electron chi connectivity index (χ4n) is 2.98. The number of hydrogen-bond acceptors (Lipinski definition) is 6. The third-order valence-corrected chi connectivity index (χ3v) is 4.48. The average molecular weight is 350 g/mol. The second-order valence-corrected chi connectivity index (χ2v) is 6.12. The Morgan fingerprint density at radius 2 is 2.27 bits per heavy atom. The lowest BCUT2D eigenvalue weighted by atomic mass is 10.0. The molecule has 1 atom stereocenters. The Morgan fingerprint density at radius 1 is 1.35 bits per heavy atom. The van der Waals surface area contributed by atoms with Crippen LogP contribution < -0.4 is 4.74 Å². The molecule has 7 heteroatoms. The number of ether oxygens (including phenoxy) is 1. The summed E-state index contributed by atoms with van der Waals surface area (Å²) in [6, 6.07) is 11.1. The molecule has 2 aromatic heterocycles. The lowest BCUT2D eigenvalue weighted by Gasteiger charge is -2.38. The van der Waals surface area contributed by atoms with Crippen molar-refractivity contribution in [3.05, 3.63) is 60.2 Å². The van der Waals surface area contributed by atoms with Crippen LogP contribution in [0.2, 0.25) is 0 Å². The number of rotatable bonds is 5. The SMILES string of the molecule is COc1cccc(CC(=O)N2CC[C@H]2c2nc(-c3cccnc3)no2)c1. The quantitative estimate of drug-likeness (QED) is 0.704. The maximum absolute atomic E-state index is 12.6. The highest BCUT2D eigenvalue weighted by molar-refractivity contribution is 5.80. The topological polar surface area (TPSA) is 81.4 Å². The second kappa shape index (κ2) is 6.95. The van der Waals surface area contributed by atoms with Crippen LogP contribution in [0.4, 0.5) is 0 Å². The predicted octanol–water partition coefficient (Wildman–Crippen LogP) is 2.66. The van der Waals surface area contributed by atoms with E-state index in [4.69, 9.17) is 9.26 Å². The number of amides is 1. The van der Waals surface area contributed by atoms with E-state index in [2.05, 4.69) is 15.1 Å². The summed E-state index contributed by atoms with van der Waals surface area (Å²) >= 11 is 0. The molecular formula is C19H18N4O3. The van der Waals surface area contributed by atoms with Gasteiger partial charge < -0.3 is 14.2 Å². The van der Waals surface area contributed by atoms with E-state index in [-0.39, 0.29) is 11.9 Å². The minimum Gasteiger partial charge on any atom is -0.497 e. The molecule has 7 nitrogen and oxygen atoms in total. The summed E-state index contributed by atoms with van der Waals surface area (Å²) in [5.74, 6) is 1.73. The zero-order valence-corrected chi connectivity index (χ0v) is 14.3. The van der Waals surface area contributed by atoms with Crippen LogP contribution in [-0.2, 0) is 11.2 Å². The molecule has 1 aliphatic heterocycles. The second-order valence-electron chi connectivity index (χ2n) is 6.12. The van der Waals surface area contributed by atoms with Crippen molar-refractivity contribution in [3.63, 3.8) is 0 Å². The van der Waals surface area contributed by atoms with Crippen molar-refractivity contribution in [1.29, 1.82) is 0 Å². The molecule has 0 N–H and O–H groups in total. The molecule has 132 valence electrons. The molecule has 0 unspecified atom stereocenters. The first-order valence-electron chi connectivity index (χ1n) is 8.41. The van der Waals surface area contributed by atoms with Crippen molar-refractivity contribution < 1.29 is 14.1 Å². The van der Waals surface area contributed by atoms with Crippen LogP contribution in [0.15, 0.2) is 53.3 Å². The predicted molar refractivity (Wildman–Crippen MR) is 93.3 cm³/mol. The summed E-state index contributed by atoms with van der Waals surface area (Å²) in [4.78, 5) is 22.9. The van der Waals surface area contributed by atoms with Gasteiger partial charge in [0.1, 0.15) is 11.8 Å². The maximum atomic E-state index is 12.6. The van der Waals surface area contributed by atoms with Crippen LogP contribution in [0, 0.1) is 0 Å². The molecule has 4 rings (SSSR count). The molecule has 0 saturated carbocycles. The molecule has 26 heavy (non-hydrogen) atoms. The number of methoxy groups -OCH3 is 1. The Morgan fingerprint density at radius 3 is 3.00 bits per heavy atom. The number of pyridine rings is 1. The smallest absolute Gasteiger partial charge is 0.249 e. The van der Waals surface area contributed by atoms with Gasteiger partial charge in [-0.25, -0.2) is 0 Å². The van der Waals surface area contributed by atoms with Crippen molar-refractivity contribution in [3.8, 4) is 17.1 Å². The van der Waals surface area contributed by atoms with Gasteiger partial charge in [0.25, 0.3) is 0 Å². The van der Waals surface area contributed by atoms with Crippen LogP contribution in [0.1, 0.15) is 23.9 Å². The number of aromatic nitrogens is 3. The highest BCUT2D eigenvalue weighted by Crippen LogP contribution is 2.33. The van der Waals surface area contributed by atoms with Gasteiger partial charge in [-0.1, -0.05) is 17.3 Å². The zero-order chi connectivity index (χ0) is 17.9. The molecule has 3 aromatic rings. The molecular weight excluding hydrogens is 332 g/mol. The summed E-state index contributed by atoms with van der Waals surface area (Å²) in [6.07, 6.45) is 4.51. The average Bonchev–Trinajstić information content (AvgIpc) is 3.11. The number of carbonyl (C=O) groups excluding carboxylic acids is 1. The summed E-state index contributed by atoms with van der Waals surface area (Å²) in [6.45, 7) is 0.693.